The SMILES string of the molecule is Cc1csc(SC2CCNC2=O)n1. The van der Waals surface area contributed by atoms with Gasteiger partial charge in [0.1, 0.15) is 0 Å². The first-order valence-corrected chi connectivity index (χ1v) is 5.88. The molecule has 0 bridgehead atoms. The van der Waals surface area contributed by atoms with Crippen molar-refractivity contribution in [2.45, 2.75) is 22.9 Å². The summed E-state index contributed by atoms with van der Waals surface area (Å²) in [5, 5.41) is 4.90. The van der Waals surface area contributed by atoms with Gasteiger partial charge in [-0.25, -0.2) is 4.98 Å². The Morgan fingerprint density at radius 3 is 3.15 bits per heavy atom. The van der Waals surface area contributed by atoms with Gasteiger partial charge in [-0.05, 0) is 13.3 Å². The molecule has 2 heterocycles. The lowest BCUT2D eigenvalue weighted by molar-refractivity contribution is -0.118. The molecule has 1 aliphatic rings. The molecule has 70 valence electrons. The van der Waals surface area contributed by atoms with Crippen molar-refractivity contribution in [1.29, 1.82) is 0 Å². The van der Waals surface area contributed by atoms with Crippen LogP contribution in [-0.2, 0) is 4.79 Å². The second-order valence-corrected chi connectivity index (χ2v) is 5.25. The molecule has 2 rings (SSSR count). The van der Waals surface area contributed by atoms with Crippen LogP contribution in [0.25, 0.3) is 0 Å². The summed E-state index contributed by atoms with van der Waals surface area (Å²) in [6.07, 6.45) is 0.919. The van der Waals surface area contributed by atoms with Crippen LogP contribution in [-0.4, -0.2) is 22.7 Å². The van der Waals surface area contributed by atoms with Crippen molar-refractivity contribution in [3.63, 3.8) is 0 Å². The largest absolute Gasteiger partial charge is 0.355 e. The third-order valence-corrected chi connectivity index (χ3v) is 4.20. The van der Waals surface area contributed by atoms with Crippen molar-refractivity contribution in [2.75, 3.05) is 6.54 Å². The zero-order chi connectivity index (χ0) is 9.26. The van der Waals surface area contributed by atoms with E-state index < -0.39 is 0 Å². The zero-order valence-corrected chi connectivity index (χ0v) is 8.87. The van der Waals surface area contributed by atoms with Gasteiger partial charge < -0.3 is 5.32 Å². The number of nitrogens with zero attached hydrogens (tertiary/aromatic N) is 1. The molecule has 1 atom stereocenters. The molecule has 3 nitrogen and oxygen atoms in total. The third kappa shape index (κ3) is 2.03. The second-order valence-electron chi connectivity index (χ2n) is 2.94. The van der Waals surface area contributed by atoms with Crippen LogP contribution in [0.1, 0.15) is 12.1 Å². The molecule has 5 heteroatoms. The van der Waals surface area contributed by atoms with Gasteiger partial charge in [0.15, 0.2) is 4.34 Å². The normalized spacial score (nSPS) is 21.9. The predicted octanol–water partition coefficient (Wildman–Crippen LogP) is 1.43. The zero-order valence-electron chi connectivity index (χ0n) is 7.24. The standard InChI is InChI=1S/C8H10N2OS2/c1-5-4-12-8(10-5)13-6-2-3-9-7(6)11/h4,6H,2-3H2,1H3,(H,9,11). The van der Waals surface area contributed by atoms with E-state index in [-0.39, 0.29) is 11.2 Å². The fourth-order valence-electron chi connectivity index (χ4n) is 1.19. The van der Waals surface area contributed by atoms with Gasteiger partial charge in [-0.2, -0.15) is 0 Å². The van der Waals surface area contributed by atoms with Crippen LogP contribution in [0.15, 0.2) is 9.72 Å². The lowest BCUT2D eigenvalue weighted by Crippen LogP contribution is -2.20. The fraction of sp³-hybridized carbons (Fsp3) is 0.500. The van der Waals surface area contributed by atoms with E-state index in [9.17, 15) is 4.79 Å². The van der Waals surface area contributed by atoms with Gasteiger partial charge in [0, 0.05) is 17.6 Å². The molecule has 1 unspecified atom stereocenters. The lowest BCUT2D eigenvalue weighted by Gasteiger charge is -2.01. The van der Waals surface area contributed by atoms with Gasteiger partial charge in [-0.3, -0.25) is 4.79 Å². The quantitative estimate of drug-likeness (QED) is 0.810. The number of aromatic nitrogens is 1. The monoisotopic (exact) mass is 214 g/mol. The summed E-state index contributed by atoms with van der Waals surface area (Å²) >= 11 is 3.19. The van der Waals surface area contributed by atoms with Crippen molar-refractivity contribution in [2.24, 2.45) is 0 Å². The Morgan fingerprint density at radius 2 is 2.62 bits per heavy atom. The number of carbonyl (C=O) groups excluding carboxylic acids is 1. The van der Waals surface area contributed by atoms with Crippen LogP contribution in [0.5, 0.6) is 0 Å². The molecule has 0 aromatic carbocycles. The summed E-state index contributed by atoms with van der Waals surface area (Å²) in [6, 6.07) is 0. The Morgan fingerprint density at radius 1 is 1.77 bits per heavy atom. The minimum Gasteiger partial charge on any atom is -0.355 e. The second kappa shape index (κ2) is 3.67. The van der Waals surface area contributed by atoms with E-state index in [1.807, 2.05) is 12.3 Å². The first kappa shape index (κ1) is 9.02. The van der Waals surface area contributed by atoms with Gasteiger partial charge >= 0.3 is 0 Å². The third-order valence-electron chi connectivity index (χ3n) is 1.84. The minimum absolute atomic E-state index is 0.0746. The number of nitrogens with one attached hydrogen (secondary N) is 1. The summed E-state index contributed by atoms with van der Waals surface area (Å²) < 4.78 is 1.000. The number of rotatable bonds is 2. The van der Waals surface area contributed by atoms with Gasteiger partial charge in [-0.1, -0.05) is 11.8 Å². The highest BCUT2D eigenvalue weighted by Crippen LogP contribution is 2.29. The first-order valence-electron chi connectivity index (χ1n) is 4.12. The van der Waals surface area contributed by atoms with Crippen LogP contribution < -0.4 is 5.32 Å². The van der Waals surface area contributed by atoms with Crippen molar-refractivity contribution < 1.29 is 4.79 Å². The Balaban J connectivity index is 2.01. The molecular weight excluding hydrogens is 204 g/mol. The van der Waals surface area contributed by atoms with E-state index in [0.717, 1.165) is 23.0 Å². The molecule has 1 aromatic heterocycles. The maximum Gasteiger partial charge on any atom is 0.233 e. The number of hydrogen-bond acceptors (Lipinski definition) is 4. The van der Waals surface area contributed by atoms with E-state index in [4.69, 9.17) is 0 Å². The Hall–Kier alpha value is -0.550. The molecule has 1 N–H and O–H groups in total. The predicted molar refractivity (Wildman–Crippen MR) is 54.1 cm³/mol. The van der Waals surface area contributed by atoms with E-state index >= 15 is 0 Å². The van der Waals surface area contributed by atoms with E-state index in [2.05, 4.69) is 10.3 Å². The van der Waals surface area contributed by atoms with Gasteiger partial charge in [0.05, 0.1) is 5.25 Å². The molecular formula is C8H10N2OS2. The molecule has 13 heavy (non-hydrogen) atoms. The Kier molecular flexibility index (Phi) is 2.55. The molecule has 1 fully saturated rings. The van der Waals surface area contributed by atoms with Crippen LogP contribution in [0.4, 0.5) is 0 Å². The highest BCUT2D eigenvalue weighted by atomic mass is 32.2. The summed E-state index contributed by atoms with van der Waals surface area (Å²) in [5.41, 5.74) is 1.03. The highest BCUT2D eigenvalue weighted by molar-refractivity contribution is 8.02. The molecule has 1 amide bonds. The highest BCUT2D eigenvalue weighted by Gasteiger charge is 2.25. The minimum atomic E-state index is 0.0746. The summed E-state index contributed by atoms with van der Waals surface area (Å²) in [4.78, 5) is 15.5. The van der Waals surface area contributed by atoms with E-state index in [1.165, 1.54) is 0 Å². The number of aryl methyl sites for hydroxylation is 1. The molecule has 0 saturated carbocycles. The average molecular weight is 214 g/mol. The Labute approximate surface area is 84.9 Å². The molecule has 1 saturated heterocycles. The number of thiazole rings is 1. The molecule has 0 radical (unpaired) electrons. The number of carbonyl (C=O) groups is 1. The van der Waals surface area contributed by atoms with Crippen molar-refractivity contribution in [3.05, 3.63) is 11.1 Å². The van der Waals surface area contributed by atoms with Crippen LogP contribution in [0, 0.1) is 6.92 Å². The van der Waals surface area contributed by atoms with Crippen molar-refractivity contribution in [1.82, 2.24) is 10.3 Å². The molecule has 1 aliphatic heterocycles. The lowest BCUT2D eigenvalue weighted by atomic mass is 10.4. The van der Waals surface area contributed by atoms with Crippen molar-refractivity contribution >= 4 is 29.0 Å². The summed E-state index contributed by atoms with van der Waals surface area (Å²) in [5.74, 6) is 0.151. The first-order chi connectivity index (χ1) is 6.25. The van der Waals surface area contributed by atoms with Gasteiger partial charge in [0.25, 0.3) is 0 Å². The Bertz CT molecular complexity index is 324. The fourth-order valence-corrected chi connectivity index (χ4v) is 3.29. The summed E-state index contributed by atoms with van der Waals surface area (Å²) in [6.45, 7) is 2.77. The molecule has 0 spiro atoms. The number of thioether (sulfide) groups is 1. The summed E-state index contributed by atoms with van der Waals surface area (Å²) in [7, 11) is 0. The smallest absolute Gasteiger partial charge is 0.233 e. The molecule has 0 aliphatic carbocycles. The van der Waals surface area contributed by atoms with Crippen molar-refractivity contribution in [3.8, 4) is 0 Å². The van der Waals surface area contributed by atoms with E-state index in [0.29, 0.717) is 0 Å². The maximum absolute atomic E-state index is 11.2. The number of hydrogen-bond donors (Lipinski definition) is 1. The van der Waals surface area contributed by atoms with E-state index in [1.54, 1.807) is 23.1 Å². The topological polar surface area (TPSA) is 42.0 Å². The van der Waals surface area contributed by atoms with Crippen LogP contribution in [0.2, 0.25) is 0 Å². The van der Waals surface area contributed by atoms with Gasteiger partial charge in [0.2, 0.25) is 5.91 Å². The van der Waals surface area contributed by atoms with Crippen LogP contribution >= 0.6 is 23.1 Å². The number of amides is 1. The molecule has 1 aromatic rings. The average Bonchev–Trinajstić information content (AvgIpc) is 2.64. The van der Waals surface area contributed by atoms with Gasteiger partial charge in [-0.15, -0.1) is 11.3 Å². The maximum atomic E-state index is 11.2. The van der Waals surface area contributed by atoms with Crippen LogP contribution in [0.3, 0.4) is 0 Å².